The Labute approximate surface area is 188 Å². The Bertz CT molecular complexity index is 996. The van der Waals surface area contributed by atoms with Crippen molar-refractivity contribution in [2.75, 3.05) is 0 Å². The van der Waals surface area contributed by atoms with Gasteiger partial charge in [-0.15, -0.1) is 0 Å². The third kappa shape index (κ3) is 5.90. The number of nitriles is 1. The van der Waals surface area contributed by atoms with Crippen LogP contribution in [0.15, 0.2) is 109 Å². The van der Waals surface area contributed by atoms with Crippen LogP contribution in [0.25, 0.3) is 0 Å². The molecule has 4 aromatic carbocycles. The van der Waals surface area contributed by atoms with Crippen LogP contribution in [0, 0.1) is 18.3 Å². The topological polar surface area (TPSA) is 23.8 Å². The van der Waals surface area contributed by atoms with E-state index in [-0.39, 0.29) is 0 Å². The minimum atomic E-state index is -0.446. The SMILES string of the molecule is Cc1ccc(C#N)cc1CBr.c1ccc(P(c2ccccc2)c2ccccc2)cc1. The highest BCUT2D eigenvalue weighted by Gasteiger charge is 2.14. The maximum absolute atomic E-state index is 8.58. The van der Waals surface area contributed by atoms with Crippen molar-refractivity contribution in [3.63, 3.8) is 0 Å². The van der Waals surface area contributed by atoms with Crippen molar-refractivity contribution in [3.05, 3.63) is 126 Å². The molecule has 0 bridgehead atoms. The largest absolute Gasteiger partial charge is 0.192 e. The molecule has 0 aliphatic carbocycles. The Kier molecular flexibility index (Phi) is 8.40. The second kappa shape index (κ2) is 11.5. The normalized spacial score (nSPS) is 10.1. The molecule has 1 nitrogen and oxygen atoms in total. The summed E-state index contributed by atoms with van der Waals surface area (Å²) in [6, 6.07) is 40.1. The maximum atomic E-state index is 8.58. The van der Waals surface area contributed by atoms with Gasteiger partial charge in [0.15, 0.2) is 0 Å². The molecule has 0 aromatic heterocycles. The first-order valence-corrected chi connectivity index (χ1v) is 12.2. The molecule has 0 fully saturated rings. The van der Waals surface area contributed by atoms with E-state index in [1.54, 1.807) is 0 Å². The highest BCUT2D eigenvalue weighted by molar-refractivity contribution is 9.08. The van der Waals surface area contributed by atoms with E-state index in [4.69, 9.17) is 5.26 Å². The fourth-order valence-electron chi connectivity index (χ4n) is 3.06. The Morgan fingerprint density at radius 3 is 1.50 bits per heavy atom. The molecular weight excluding hydrogens is 449 g/mol. The molecular formula is C27H23BrNP. The van der Waals surface area contributed by atoms with Crippen LogP contribution in [0.3, 0.4) is 0 Å². The fourth-order valence-corrected chi connectivity index (χ4v) is 5.97. The lowest BCUT2D eigenvalue weighted by Crippen LogP contribution is -2.20. The summed E-state index contributed by atoms with van der Waals surface area (Å²) in [4.78, 5) is 0. The summed E-state index contributed by atoms with van der Waals surface area (Å²) < 4.78 is 0. The van der Waals surface area contributed by atoms with Gasteiger partial charge in [0.2, 0.25) is 0 Å². The van der Waals surface area contributed by atoms with Crippen molar-refractivity contribution >= 4 is 39.8 Å². The van der Waals surface area contributed by atoms with Crippen molar-refractivity contribution in [1.82, 2.24) is 0 Å². The van der Waals surface area contributed by atoms with Crippen LogP contribution in [0.1, 0.15) is 16.7 Å². The highest BCUT2D eigenvalue weighted by atomic mass is 79.9. The summed E-state index contributed by atoms with van der Waals surface area (Å²) in [5.74, 6) is 0. The summed E-state index contributed by atoms with van der Waals surface area (Å²) >= 11 is 3.36. The smallest absolute Gasteiger partial charge is 0.0991 e. The van der Waals surface area contributed by atoms with Gasteiger partial charge >= 0.3 is 0 Å². The number of halogens is 1. The van der Waals surface area contributed by atoms with Gasteiger partial charge in [-0.2, -0.15) is 5.26 Å². The Hall–Kier alpha value is -2.72. The summed E-state index contributed by atoms with van der Waals surface area (Å²) in [5, 5.41) is 13.6. The molecule has 3 heteroatoms. The van der Waals surface area contributed by atoms with Gasteiger partial charge < -0.3 is 0 Å². The lowest BCUT2D eigenvalue weighted by Gasteiger charge is -2.18. The molecule has 0 N–H and O–H groups in total. The number of aryl methyl sites for hydroxylation is 1. The van der Waals surface area contributed by atoms with Gasteiger partial charge in [-0.1, -0.05) is 113 Å². The Balaban J connectivity index is 0.000000199. The van der Waals surface area contributed by atoms with Crippen molar-refractivity contribution in [2.45, 2.75) is 12.3 Å². The molecule has 0 atom stereocenters. The maximum Gasteiger partial charge on any atom is 0.0991 e. The highest BCUT2D eigenvalue weighted by Crippen LogP contribution is 2.32. The second-order valence-electron chi connectivity index (χ2n) is 6.73. The van der Waals surface area contributed by atoms with E-state index in [0.29, 0.717) is 0 Å². The molecule has 0 aliphatic heterocycles. The molecule has 0 saturated heterocycles. The van der Waals surface area contributed by atoms with E-state index in [2.05, 4.69) is 113 Å². The first-order valence-electron chi connectivity index (χ1n) is 9.74. The lowest BCUT2D eigenvalue weighted by atomic mass is 10.1. The lowest BCUT2D eigenvalue weighted by molar-refractivity contribution is 1.31. The average Bonchev–Trinajstić information content (AvgIpc) is 2.82. The molecule has 0 aliphatic rings. The molecule has 4 rings (SSSR count). The van der Waals surface area contributed by atoms with E-state index in [1.807, 2.05) is 25.1 Å². The zero-order chi connectivity index (χ0) is 21.2. The van der Waals surface area contributed by atoms with Crippen LogP contribution in [-0.4, -0.2) is 0 Å². The first kappa shape index (κ1) is 22.0. The number of hydrogen-bond donors (Lipinski definition) is 0. The van der Waals surface area contributed by atoms with E-state index >= 15 is 0 Å². The third-order valence-electron chi connectivity index (χ3n) is 4.67. The van der Waals surface area contributed by atoms with Crippen molar-refractivity contribution in [2.24, 2.45) is 0 Å². The van der Waals surface area contributed by atoms with Gasteiger partial charge in [0.05, 0.1) is 11.6 Å². The van der Waals surface area contributed by atoms with Crippen LogP contribution >= 0.6 is 23.9 Å². The fraction of sp³-hybridized carbons (Fsp3) is 0.0741. The number of alkyl halides is 1. The molecule has 148 valence electrons. The minimum Gasteiger partial charge on any atom is -0.192 e. The van der Waals surface area contributed by atoms with Gasteiger partial charge in [0.1, 0.15) is 0 Å². The zero-order valence-corrected chi connectivity index (χ0v) is 19.4. The molecule has 0 spiro atoms. The summed E-state index contributed by atoms with van der Waals surface area (Å²) in [7, 11) is -0.446. The number of benzene rings is 4. The minimum absolute atomic E-state index is 0.446. The van der Waals surface area contributed by atoms with E-state index in [9.17, 15) is 0 Å². The van der Waals surface area contributed by atoms with Crippen LogP contribution in [0.2, 0.25) is 0 Å². The Morgan fingerprint density at radius 2 is 1.13 bits per heavy atom. The second-order valence-corrected chi connectivity index (χ2v) is 9.51. The number of rotatable bonds is 4. The molecule has 0 radical (unpaired) electrons. The predicted octanol–water partition coefficient (Wildman–Crippen LogP) is 6.21. The van der Waals surface area contributed by atoms with Gasteiger partial charge in [-0.25, -0.2) is 0 Å². The molecule has 0 unspecified atom stereocenters. The summed E-state index contributed by atoms with van der Waals surface area (Å²) in [6.45, 7) is 2.04. The third-order valence-corrected chi connectivity index (χ3v) is 7.71. The standard InChI is InChI=1S/C18H15P.C9H8BrN/c1-4-10-16(11-5-1)19(17-12-6-2-7-13-17)18-14-8-3-9-15-18;1-7-2-3-8(6-11)4-9(7)5-10/h1-15H;2-4H,5H2,1H3. The van der Waals surface area contributed by atoms with Gasteiger partial charge in [-0.05, 0) is 54.0 Å². The first-order chi connectivity index (χ1) is 14.7. The van der Waals surface area contributed by atoms with Crippen LogP contribution in [0.5, 0.6) is 0 Å². The van der Waals surface area contributed by atoms with E-state index in [0.717, 1.165) is 10.9 Å². The van der Waals surface area contributed by atoms with E-state index in [1.165, 1.54) is 27.0 Å². The monoisotopic (exact) mass is 471 g/mol. The van der Waals surface area contributed by atoms with Crippen molar-refractivity contribution in [3.8, 4) is 6.07 Å². The molecule has 0 amide bonds. The van der Waals surface area contributed by atoms with Gasteiger partial charge in [0.25, 0.3) is 0 Å². The predicted molar refractivity (Wildman–Crippen MR) is 134 cm³/mol. The summed E-state index contributed by atoms with van der Waals surface area (Å²) in [6.07, 6.45) is 0. The van der Waals surface area contributed by atoms with Crippen LogP contribution in [0.4, 0.5) is 0 Å². The molecule has 0 saturated carbocycles. The molecule has 4 aromatic rings. The van der Waals surface area contributed by atoms with Crippen molar-refractivity contribution in [1.29, 1.82) is 5.26 Å². The molecule has 0 heterocycles. The van der Waals surface area contributed by atoms with Gasteiger partial charge in [0, 0.05) is 5.33 Å². The van der Waals surface area contributed by atoms with Crippen LogP contribution < -0.4 is 15.9 Å². The number of nitrogens with zero attached hydrogens (tertiary/aromatic N) is 1. The number of hydrogen-bond acceptors (Lipinski definition) is 1. The van der Waals surface area contributed by atoms with Crippen LogP contribution in [-0.2, 0) is 5.33 Å². The molecule has 30 heavy (non-hydrogen) atoms. The van der Waals surface area contributed by atoms with Gasteiger partial charge in [-0.3, -0.25) is 0 Å². The van der Waals surface area contributed by atoms with Crippen molar-refractivity contribution < 1.29 is 0 Å². The quantitative estimate of drug-likeness (QED) is 0.256. The summed E-state index contributed by atoms with van der Waals surface area (Å²) in [5.41, 5.74) is 3.13. The van der Waals surface area contributed by atoms with E-state index < -0.39 is 7.92 Å². The zero-order valence-electron chi connectivity index (χ0n) is 16.9. The average molecular weight is 472 g/mol. The Morgan fingerprint density at radius 1 is 0.700 bits per heavy atom.